The molecule has 1 saturated heterocycles. The Bertz CT molecular complexity index is 114. The number of piperidine rings is 1. The van der Waals surface area contributed by atoms with Gasteiger partial charge in [-0.3, -0.25) is 4.90 Å². The average Bonchev–Trinajstić information content (AvgIpc) is 2.15. The molecule has 2 nitrogen and oxygen atoms in total. The summed E-state index contributed by atoms with van der Waals surface area (Å²) in [5.74, 6) is 0. The number of likely N-dealkylation sites (tertiary alicyclic amines) is 1. The van der Waals surface area contributed by atoms with Crippen LogP contribution >= 0.6 is 0 Å². The fourth-order valence-corrected chi connectivity index (χ4v) is 2.02. The second-order valence-electron chi connectivity index (χ2n) is 3.59. The van der Waals surface area contributed by atoms with Gasteiger partial charge in [0.05, 0.1) is 0 Å². The number of nitrogens with zero attached hydrogens (tertiary/aromatic N) is 1. The van der Waals surface area contributed by atoms with E-state index in [0.29, 0.717) is 0 Å². The first kappa shape index (κ1) is 10.0. The monoisotopic (exact) mass is 170 g/mol. The molecule has 0 saturated carbocycles. The van der Waals surface area contributed by atoms with Crippen molar-refractivity contribution in [3.8, 4) is 0 Å². The highest BCUT2D eigenvalue weighted by molar-refractivity contribution is 4.77. The minimum atomic E-state index is 0.809. The second-order valence-corrected chi connectivity index (χ2v) is 3.59. The van der Waals surface area contributed by atoms with E-state index in [0.717, 1.165) is 12.6 Å². The molecule has 0 radical (unpaired) electrons. The van der Waals surface area contributed by atoms with E-state index in [1.165, 1.54) is 38.9 Å². The van der Waals surface area contributed by atoms with Crippen molar-refractivity contribution in [1.29, 1.82) is 0 Å². The third-order valence-electron chi connectivity index (χ3n) is 2.79. The predicted molar refractivity (Wildman–Crippen MR) is 53.4 cm³/mol. The Morgan fingerprint density at radius 2 is 2.17 bits per heavy atom. The predicted octanol–water partition coefficient (Wildman–Crippen LogP) is 1.47. The van der Waals surface area contributed by atoms with Crippen LogP contribution in [0.25, 0.3) is 0 Å². The van der Waals surface area contributed by atoms with E-state index in [2.05, 4.69) is 24.1 Å². The molecule has 0 aromatic rings. The lowest BCUT2D eigenvalue weighted by Gasteiger charge is -2.34. The van der Waals surface area contributed by atoms with Gasteiger partial charge in [0.25, 0.3) is 0 Å². The molecule has 0 spiro atoms. The largest absolute Gasteiger partial charge is 0.315 e. The van der Waals surface area contributed by atoms with Crippen LogP contribution in [0.1, 0.15) is 33.1 Å². The van der Waals surface area contributed by atoms with E-state index < -0.39 is 0 Å². The summed E-state index contributed by atoms with van der Waals surface area (Å²) >= 11 is 0. The lowest BCUT2D eigenvalue weighted by molar-refractivity contribution is 0.154. The molecule has 1 aliphatic rings. The highest BCUT2D eigenvalue weighted by Gasteiger charge is 2.19. The van der Waals surface area contributed by atoms with E-state index in [4.69, 9.17) is 0 Å². The highest BCUT2D eigenvalue weighted by Crippen LogP contribution is 2.15. The molecule has 72 valence electrons. The molecule has 1 aliphatic heterocycles. The Morgan fingerprint density at radius 3 is 2.83 bits per heavy atom. The zero-order valence-electron chi connectivity index (χ0n) is 8.47. The lowest BCUT2D eigenvalue weighted by Crippen LogP contribution is -2.45. The molecular weight excluding hydrogens is 148 g/mol. The number of hydrogen-bond donors (Lipinski definition) is 1. The number of rotatable bonds is 4. The van der Waals surface area contributed by atoms with Gasteiger partial charge in [-0.15, -0.1) is 0 Å². The van der Waals surface area contributed by atoms with Gasteiger partial charge in [0.2, 0.25) is 0 Å². The van der Waals surface area contributed by atoms with Gasteiger partial charge in [-0.1, -0.05) is 20.3 Å². The van der Waals surface area contributed by atoms with Crippen LogP contribution in [-0.2, 0) is 0 Å². The van der Waals surface area contributed by atoms with Crippen LogP contribution in [0.2, 0.25) is 0 Å². The Morgan fingerprint density at radius 1 is 1.33 bits per heavy atom. The molecule has 1 fully saturated rings. The first-order valence-corrected chi connectivity index (χ1v) is 5.33. The van der Waals surface area contributed by atoms with Gasteiger partial charge in [0.1, 0.15) is 0 Å². The first-order valence-electron chi connectivity index (χ1n) is 5.33. The molecule has 0 unspecified atom stereocenters. The summed E-state index contributed by atoms with van der Waals surface area (Å²) in [6.07, 6.45) is 4.21. The summed E-state index contributed by atoms with van der Waals surface area (Å²) in [5, 5.41) is 3.44. The van der Waals surface area contributed by atoms with Crippen LogP contribution in [0.5, 0.6) is 0 Å². The van der Waals surface area contributed by atoms with Crippen LogP contribution in [0.15, 0.2) is 0 Å². The van der Waals surface area contributed by atoms with Crippen LogP contribution in [0.3, 0.4) is 0 Å². The van der Waals surface area contributed by atoms with Crippen molar-refractivity contribution in [3.63, 3.8) is 0 Å². The van der Waals surface area contributed by atoms with Gasteiger partial charge in [-0.25, -0.2) is 0 Å². The first-order chi connectivity index (χ1) is 5.88. The second kappa shape index (κ2) is 5.55. The molecule has 0 aromatic heterocycles. The zero-order chi connectivity index (χ0) is 8.81. The van der Waals surface area contributed by atoms with Crippen LogP contribution in [0.4, 0.5) is 0 Å². The van der Waals surface area contributed by atoms with Crippen LogP contribution < -0.4 is 5.32 Å². The molecule has 1 atom stereocenters. The molecule has 12 heavy (non-hydrogen) atoms. The molecule has 2 heteroatoms. The molecule has 0 amide bonds. The molecule has 1 rings (SSSR count). The van der Waals surface area contributed by atoms with Gasteiger partial charge in [0.15, 0.2) is 0 Å². The summed E-state index contributed by atoms with van der Waals surface area (Å²) in [5.41, 5.74) is 0. The van der Waals surface area contributed by atoms with Crippen molar-refractivity contribution in [3.05, 3.63) is 0 Å². The fourth-order valence-electron chi connectivity index (χ4n) is 2.02. The summed E-state index contributed by atoms with van der Waals surface area (Å²) in [7, 11) is 0. The average molecular weight is 170 g/mol. The Kier molecular flexibility index (Phi) is 4.62. The maximum Gasteiger partial charge on any atom is 0.0220 e. The SMILES string of the molecule is CCNC[C@H]1CCCCN1CC. The quantitative estimate of drug-likeness (QED) is 0.687. The third-order valence-corrected chi connectivity index (χ3v) is 2.79. The molecule has 1 N–H and O–H groups in total. The van der Waals surface area contributed by atoms with E-state index in [9.17, 15) is 0 Å². The Balaban J connectivity index is 2.26. The van der Waals surface area contributed by atoms with Gasteiger partial charge < -0.3 is 5.32 Å². The van der Waals surface area contributed by atoms with Gasteiger partial charge in [0, 0.05) is 12.6 Å². The van der Waals surface area contributed by atoms with Crippen molar-refractivity contribution < 1.29 is 0 Å². The Hall–Kier alpha value is -0.0800. The van der Waals surface area contributed by atoms with E-state index in [1.807, 2.05) is 0 Å². The molecule has 0 aliphatic carbocycles. The smallest absolute Gasteiger partial charge is 0.0220 e. The standard InChI is InChI=1S/C10H22N2/c1-3-11-9-10-7-5-6-8-12(10)4-2/h10-11H,3-9H2,1-2H3/t10-/m1/s1. The summed E-state index contributed by atoms with van der Waals surface area (Å²) in [6, 6.07) is 0.809. The van der Waals surface area contributed by atoms with Crippen molar-refractivity contribution >= 4 is 0 Å². The summed E-state index contributed by atoms with van der Waals surface area (Å²) < 4.78 is 0. The summed E-state index contributed by atoms with van der Waals surface area (Å²) in [6.45, 7) is 9.27. The highest BCUT2D eigenvalue weighted by atomic mass is 15.2. The maximum absolute atomic E-state index is 3.44. The van der Waals surface area contributed by atoms with Gasteiger partial charge in [-0.2, -0.15) is 0 Å². The van der Waals surface area contributed by atoms with Crippen molar-refractivity contribution in [1.82, 2.24) is 10.2 Å². The van der Waals surface area contributed by atoms with E-state index in [-0.39, 0.29) is 0 Å². The van der Waals surface area contributed by atoms with E-state index in [1.54, 1.807) is 0 Å². The number of likely N-dealkylation sites (N-methyl/N-ethyl adjacent to an activating group) is 2. The molecule has 1 heterocycles. The molecule has 0 bridgehead atoms. The van der Waals surface area contributed by atoms with Gasteiger partial charge in [-0.05, 0) is 32.5 Å². The Labute approximate surface area is 76.3 Å². The maximum atomic E-state index is 3.44. The topological polar surface area (TPSA) is 15.3 Å². The minimum Gasteiger partial charge on any atom is -0.315 e. The van der Waals surface area contributed by atoms with Crippen LogP contribution in [0, 0.1) is 0 Å². The minimum absolute atomic E-state index is 0.809. The lowest BCUT2D eigenvalue weighted by atomic mass is 10.0. The van der Waals surface area contributed by atoms with Gasteiger partial charge >= 0.3 is 0 Å². The van der Waals surface area contributed by atoms with Crippen molar-refractivity contribution in [2.75, 3.05) is 26.2 Å². The van der Waals surface area contributed by atoms with Crippen molar-refractivity contribution in [2.45, 2.75) is 39.2 Å². The fraction of sp³-hybridized carbons (Fsp3) is 1.00. The normalized spacial score (nSPS) is 26.0. The number of hydrogen-bond acceptors (Lipinski definition) is 2. The summed E-state index contributed by atoms with van der Waals surface area (Å²) in [4.78, 5) is 2.60. The van der Waals surface area contributed by atoms with Crippen LogP contribution in [-0.4, -0.2) is 37.1 Å². The third kappa shape index (κ3) is 2.76. The molecule has 0 aromatic carbocycles. The molecular formula is C10H22N2. The zero-order valence-corrected chi connectivity index (χ0v) is 8.47. The van der Waals surface area contributed by atoms with E-state index >= 15 is 0 Å². The number of nitrogens with one attached hydrogen (secondary N) is 1. The van der Waals surface area contributed by atoms with Crippen molar-refractivity contribution in [2.24, 2.45) is 0 Å².